The maximum Gasteiger partial charge on any atom is 0.237 e. The zero-order valence-electron chi connectivity index (χ0n) is 9.08. The fraction of sp³-hybridized carbons (Fsp3) is 0.900. The summed E-state index contributed by atoms with van der Waals surface area (Å²) >= 11 is 1.93. The molecule has 0 bridgehead atoms. The van der Waals surface area contributed by atoms with Gasteiger partial charge >= 0.3 is 0 Å². The average Bonchev–Trinajstić information content (AvgIpc) is 2.66. The predicted molar refractivity (Wildman–Crippen MR) is 67.0 cm³/mol. The van der Waals surface area contributed by atoms with Crippen LogP contribution in [0, 0.1) is 0 Å². The highest BCUT2D eigenvalue weighted by molar-refractivity contribution is 7.99. The van der Waals surface area contributed by atoms with Gasteiger partial charge in [0.2, 0.25) is 5.91 Å². The summed E-state index contributed by atoms with van der Waals surface area (Å²) in [5.41, 5.74) is 0. The molecule has 0 aromatic heterocycles. The second-order valence-corrected chi connectivity index (χ2v) is 5.41. The normalized spacial score (nSPS) is 30.8. The summed E-state index contributed by atoms with van der Waals surface area (Å²) in [6, 6.07) is -0.00575. The Hall–Kier alpha value is -0.0000000000000000763. The lowest BCUT2D eigenvalue weighted by Gasteiger charge is -2.24. The van der Waals surface area contributed by atoms with Crippen molar-refractivity contribution >= 4 is 30.1 Å². The molecular weight excluding hydrogens is 251 g/mol. The molecule has 0 radical (unpaired) electrons. The lowest BCUT2D eigenvalue weighted by molar-refractivity contribution is -0.123. The van der Waals surface area contributed by atoms with Crippen LogP contribution in [0.2, 0.25) is 0 Å². The number of hydrogen-bond donors (Lipinski definition) is 2. The van der Waals surface area contributed by atoms with E-state index in [0.717, 1.165) is 24.3 Å². The number of rotatable bonds is 2. The van der Waals surface area contributed by atoms with Crippen LogP contribution in [-0.2, 0) is 4.79 Å². The number of thioether (sulfide) groups is 1. The molecule has 1 amide bonds. The minimum Gasteiger partial charge on any atom is -0.352 e. The first-order chi connectivity index (χ1) is 7.25. The zero-order valence-corrected chi connectivity index (χ0v) is 10.7. The maximum atomic E-state index is 12.9. The topological polar surface area (TPSA) is 41.1 Å². The molecule has 2 saturated heterocycles. The van der Waals surface area contributed by atoms with Crippen molar-refractivity contribution < 1.29 is 9.18 Å². The average molecular weight is 269 g/mol. The van der Waals surface area contributed by atoms with Gasteiger partial charge in [-0.3, -0.25) is 4.79 Å². The quantitative estimate of drug-likeness (QED) is 0.789. The summed E-state index contributed by atoms with van der Waals surface area (Å²) in [5, 5.41) is 5.90. The van der Waals surface area contributed by atoms with Crippen molar-refractivity contribution in [3.8, 4) is 0 Å². The van der Waals surface area contributed by atoms with Gasteiger partial charge in [-0.15, -0.1) is 12.4 Å². The van der Waals surface area contributed by atoms with Crippen molar-refractivity contribution in [3.05, 3.63) is 0 Å². The van der Waals surface area contributed by atoms with Crippen LogP contribution in [0.5, 0.6) is 0 Å². The molecule has 2 aliphatic rings. The largest absolute Gasteiger partial charge is 0.352 e. The minimum atomic E-state index is -0.859. The number of alkyl halides is 1. The highest BCUT2D eigenvalue weighted by atomic mass is 35.5. The highest BCUT2D eigenvalue weighted by Crippen LogP contribution is 2.17. The van der Waals surface area contributed by atoms with Gasteiger partial charge < -0.3 is 10.6 Å². The molecular formula is C10H18ClFN2OS. The number of carbonyl (C=O) groups excluding carboxylic acids is 1. The van der Waals surface area contributed by atoms with Crippen LogP contribution in [0.3, 0.4) is 0 Å². The van der Waals surface area contributed by atoms with Gasteiger partial charge in [-0.05, 0) is 24.3 Å². The molecule has 2 rings (SSSR count). The third-order valence-electron chi connectivity index (χ3n) is 2.96. The van der Waals surface area contributed by atoms with Crippen molar-refractivity contribution in [1.29, 1.82) is 0 Å². The molecule has 3 nitrogen and oxygen atoms in total. The highest BCUT2D eigenvalue weighted by Gasteiger charge is 2.30. The van der Waals surface area contributed by atoms with Crippen LogP contribution in [0.15, 0.2) is 0 Å². The molecule has 2 heterocycles. The van der Waals surface area contributed by atoms with Crippen molar-refractivity contribution in [3.63, 3.8) is 0 Å². The van der Waals surface area contributed by atoms with Crippen molar-refractivity contribution in [1.82, 2.24) is 10.6 Å². The summed E-state index contributed by atoms with van der Waals surface area (Å²) in [4.78, 5) is 11.7. The molecule has 2 fully saturated rings. The Labute approximate surface area is 106 Å². The van der Waals surface area contributed by atoms with Gasteiger partial charge in [0, 0.05) is 19.0 Å². The van der Waals surface area contributed by atoms with Gasteiger partial charge in [-0.2, -0.15) is 11.8 Å². The van der Waals surface area contributed by atoms with Crippen LogP contribution in [0.4, 0.5) is 4.39 Å². The van der Waals surface area contributed by atoms with E-state index < -0.39 is 6.17 Å². The van der Waals surface area contributed by atoms with E-state index in [9.17, 15) is 9.18 Å². The summed E-state index contributed by atoms with van der Waals surface area (Å²) in [6.45, 7) is 0.318. The van der Waals surface area contributed by atoms with Crippen molar-refractivity contribution in [2.75, 3.05) is 18.1 Å². The number of hydrogen-bond acceptors (Lipinski definition) is 3. The standard InChI is InChI=1S/C10H17FN2OS.ClH/c11-7-5-9(12-6-7)10(14)13-8-1-3-15-4-2-8;/h7-9,12H,1-6H2,(H,13,14);1H/t7-,9+;/m0./s1. The van der Waals surface area contributed by atoms with E-state index in [1.54, 1.807) is 0 Å². The number of nitrogens with one attached hydrogen (secondary N) is 2. The summed E-state index contributed by atoms with van der Waals surface area (Å²) in [7, 11) is 0. The van der Waals surface area contributed by atoms with Gasteiger partial charge in [-0.1, -0.05) is 0 Å². The maximum absolute atomic E-state index is 12.9. The smallest absolute Gasteiger partial charge is 0.237 e. The fourth-order valence-corrected chi connectivity index (χ4v) is 3.14. The molecule has 0 saturated carbocycles. The Bertz CT molecular complexity index is 239. The number of carbonyl (C=O) groups is 1. The van der Waals surface area contributed by atoms with Gasteiger partial charge in [-0.25, -0.2) is 4.39 Å². The van der Waals surface area contributed by atoms with Crippen LogP contribution >= 0.6 is 24.2 Å². The first-order valence-electron chi connectivity index (χ1n) is 5.51. The monoisotopic (exact) mass is 268 g/mol. The van der Waals surface area contributed by atoms with Gasteiger partial charge in [0.15, 0.2) is 0 Å². The summed E-state index contributed by atoms with van der Waals surface area (Å²) in [6.07, 6.45) is 1.56. The molecule has 0 unspecified atom stereocenters. The van der Waals surface area contributed by atoms with E-state index in [1.807, 2.05) is 11.8 Å². The SMILES string of the molecule is Cl.O=C(NC1CCSCC1)[C@H]1C[C@H](F)CN1. The fourth-order valence-electron chi connectivity index (χ4n) is 2.04. The van der Waals surface area contributed by atoms with Crippen molar-refractivity contribution in [2.45, 2.75) is 37.5 Å². The second kappa shape index (κ2) is 6.67. The Morgan fingerprint density at radius 2 is 2.06 bits per heavy atom. The molecule has 0 spiro atoms. The first kappa shape index (κ1) is 14.1. The molecule has 94 valence electrons. The first-order valence-corrected chi connectivity index (χ1v) is 6.67. The molecule has 0 aromatic rings. The summed E-state index contributed by atoms with van der Waals surface area (Å²) < 4.78 is 12.9. The van der Waals surface area contributed by atoms with Gasteiger partial charge in [0.1, 0.15) is 6.17 Å². The Morgan fingerprint density at radius 1 is 1.38 bits per heavy atom. The van der Waals surface area contributed by atoms with Crippen LogP contribution in [0.1, 0.15) is 19.3 Å². The van der Waals surface area contributed by atoms with E-state index in [-0.39, 0.29) is 24.4 Å². The lowest BCUT2D eigenvalue weighted by atomic mass is 10.1. The Balaban J connectivity index is 0.00000128. The van der Waals surface area contributed by atoms with Crippen LogP contribution in [0.25, 0.3) is 0 Å². The second-order valence-electron chi connectivity index (χ2n) is 4.19. The molecule has 2 aliphatic heterocycles. The predicted octanol–water partition coefficient (Wildman–Crippen LogP) is 1.12. The zero-order chi connectivity index (χ0) is 10.7. The molecule has 16 heavy (non-hydrogen) atoms. The van der Waals surface area contributed by atoms with E-state index in [4.69, 9.17) is 0 Å². The van der Waals surface area contributed by atoms with Crippen molar-refractivity contribution in [2.24, 2.45) is 0 Å². The molecule has 0 aliphatic carbocycles. The molecule has 2 N–H and O–H groups in total. The number of halogens is 2. The molecule has 0 aromatic carbocycles. The summed E-state index contributed by atoms with van der Waals surface area (Å²) in [5.74, 6) is 2.22. The van der Waals surface area contributed by atoms with E-state index >= 15 is 0 Å². The Kier molecular flexibility index (Phi) is 5.86. The van der Waals surface area contributed by atoms with Gasteiger partial charge in [0.25, 0.3) is 0 Å². The third kappa shape index (κ3) is 3.79. The van der Waals surface area contributed by atoms with E-state index in [2.05, 4.69) is 10.6 Å². The van der Waals surface area contributed by atoms with E-state index in [1.165, 1.54) is 0 Å². The number of amides is 1. The van der Waals surface area contributed by atoms with Gasteiger partial charge in [0.05, 0.1) is 6.04 Å². The lowest BCUT2D eigenvalue weighted by Crippen LogP contribution is -2.46. The van der Waals surface area contributed by atoms with E-state index in [0.29, 0.717) is 19.0 Å². The Morgan fingerprint density at radius 3 is 2.62 bits per heavy atom. The molecule has 2 atom stereocenters. The van der Waals surface area contributed by atoms with Crippen LogP contribution in [-0.4, -0.2) is 42.2 Å². The third-order valence-corrected chi connectivity index (χ3v) is 4.01. The van der Waals surface area contributed by atoms with Crippen LogP contribution < -0.4 is 10.6 Å². The molecule has 6 heteroatoms. The minimum absolute atomic E-state index is 0.